The van der Waals surface area contributed by atoms with Crippen LogP contribution in [0.25, 0.3) is 10.9 Å². The molecule has 1 atom stereocenters. The van der Waals surface area contributed by atoms with Crippen molar-refractivity contribution in [3.05, 3.63) is 74.3 Å². The van der Waals surface area contributed by atoms with Crippen LogP contribution in [0, 0.1) is 19.7 Å². The molecule has 0 radical (unpaired) electrons. The fourth-order valence-electron chi connectivity index (χ4n) is 4.47. The van der Waals surface area contributed by atoms with Gasteiger partial charge in [-0.15, -0.1) is 0 Å². The quantitative estimate of drug-likeness (QED) is 0.648. The standard InChI is InChI=1S/C24H25ClFN3O/c1-14-3-5-16(6-4-14)20-13-28(10-9-27-20)23-19(26)11-18-22(21(23)25)29(17-7-8-17)12-15(2)24(18)30/h3-6,11-12,17,20,27H,7-10,13H2,1-2H3. The van der Waals surface area contributed by atoms with Crippen molar-refractivity contribution in [1.29, 1.82) is 0 Å². The molecule has 30 heavy (non-hydrogen) atoms. The van der Waals surface area contributed by atoms with Crippen LogP contribution in [0.5, 0.6) is 0 Å². The summed E-state index contributed by atoms with van der Waals surface area (Å²) in [4.78, 5) is 14.7. The first-order chi connectivity index (χ1) is 14.4. The highest BCUT2D eigenvalue weighted by atomic mass is 35.5. The smallest absolute Gasteiger partial charge is 0.192 e. The summed E-state index contributed by atoms with van der Waals surface area (Å²) in [6.45, 7) is 5.85. The summed E-state index contributed by atoms with van der Waals surface area (Å²) in [6, 6.07) is 10.2. The summed E-state index contributed by atoms with van der Waals surface area (Å²) in [6.07, 6.45) is 4.00. The Morgan fingerprint density at radius 2 is 1.90 bits per heavy atom. The first-order valence-electron chi connectivity index (χ1n) is 10.5. The maximum atomic E-state index is 15.3. The third-order valence-electron chi connectivity index (χ3n) is 6.27. The molecule has 1 N–H and O–H groups in total. The first kappa shape index (κ1) is 19.6. The lowest BCUT2D eigenvalue weighted by atomic mass is 10.0. The van der Waals surface area contributed by atoms with Gasteiger partial charge in [0.15, 0.2) is 5.43 Å². The van der Waals surface area contributed by atoms with Crippen LogP contribution in [0.3, 0.4) is 0 Å². The van der Waals surface area contributed by atoms with E-state index in [1.165, 1.54) is 17.2 Å². The Morgan fingerprint density at radius 1 is 1.17 bits per heavy atom. The van der Waals surface area contributed by atoms with Crippen LogP contribution in [0.1, 0.15) is 41.6 Å². The Balaban J connectivity index is 1.60. The first-order valence-corrected chi connectivity index (χ1v) is 10.9. The lowest BCUT2D eigenvalue weighted by molar-refractivity contribution is 0.466. The van der Waals surface area contributed by atoms with Crippen molar-refractivity contribution >= 4 is 28.2 Å². The minimum atomic E-state index is -0.429. The maximum absolute atomic E-state index is 15.3. The minimum absolute atomic E-state index is 0.0918. The summed E-state index contributed by atoms with van der Waals surface area (Å²) in [7, 11) is 0. The number of hydrogen-bond acceptors (Lipinski definition) is 3. The van der Waals surface area contributed by atoms with E-state index in [4.69, 9.17) is 11.6 Å². The summed E-state index contributed by atoms with van der Waals surface area (Å²) >= 11 is 6.83. The molecule has 0 bridgehead atoms. The molecule has 1 aliphatic heterocycles. The van der Waals surface area contributed by atoms with E-state index >= 15 is 4.39 Å². The average Bonchev–Trinajstić information content (AvgIpc) is 3.57. The number of benzene rings is 2. The predicted octanol–water partition coefficient (Wildman–Crippen LogP) is 4.90. The van der Waals surface area contributed by atoms with E-state index in [2.05, 4.69) is 41.1 Å². The molecule has 3 aromatic rings. The van der Waals surface area contributed by atoms with Gasteiger partial charge in [-0.2, -0.15) is 0 Å². The van der Waals surface area contributed by atoms with E-state index < -0.39 is 5.82 Å². The molecular formula is C24H25ClFN3O. The Morgan fingerprint density at radius 3 is 2.60 bits per heavy atom. The highest BCUT2D eigenvalue weighted by Gasteiger charge is 2.30. The molecular weight excluding hydrogens is 401 g/mol. The van der Waals surface area contributed by atoms with E-state index in [0.717, 1.165) is 19.4 Å². The monoisotopic (exact) mass is 425 g/mol. The molecule has 156 valence electrons. The third-order valence-corrected chi connectivity index (χ3v) is 6.63. The van der Waals surface area contributed by atoms with Gasteiger partial charge in [0.25, 0.3) is 0 Å². The SMILES string of the molecule is Cc1ccc(C2CN(c3c(F)cc4c(=O)c(C)cn(C5CC5)c4c3Cl)CCN2)cc1. The number of aryl methyl sites for hydroxylation is 2. The number of rotatable bonds is 3. The molecule has 0 amide bonds. The van der Waals surface area contributed by atoms with E-state index in [-0.39, 0.29) is 11.5 Å². The van der Waals surface area contributed by atoms with E-state index in [1.807, 2.05) is 11.1 Å². The van der Waals surface area contributed by atoms with Gasteiger partial charge in [0.2, 0.25) is 0 Å². The van der Waals surface area contributed by atoms with E-state index in [0.29, 0.717) is 46.3 Å². The van der Waals surface area contributed by atoms with Gasteiger partial charge in [0.1, 0.15) is 5.82 Å². The molecule has 2 aromatic carbocycles. The molecule has 2 heterocycles. The highest BCUT2D eigenvalue weighted by molar-refractivity contribution is 6.38. The molecule has 2 fully saturated rings. The maximum Gasteiger partial charge on any atom is 0.192 e. The average molecular weight is 426 g/mol. The molecule has 1 unspecified atom stereocenters. The largest absolute Gasteiger partial charge is 0.365 e. The number of anilines is 1. The van der Waals surface area contributed by atoms with Crippen molar-refractivity contribution < 1.29 is 4.39 Å². The number of fused-ring (bicyclic) bond motifs is 1. The Labute approximate surface area is 180 Å². The summed E-state index contributed by atoms with van der Waals surface area (Å²) in [5.41, 5.74) is 3.93. The van der Waals surface area contributed by atoms with E-state index in [9.17, 15) is 4.79 Å². The summed E-state index contributed by atoms with van der Waals surface area (Å²) < 4.78 is 17.4. The molecule has 2 aliphatic rings. The molecule has 0 spiro atoms. The second-order valence-corrected chi connectivity index (χ2v) is 8.94. The zero-order chi connectivity index (χ0) is 21.0. The van der Waals surface area contributed by atoms with E-state index in [1.54, 1.807) is 6.92 Å². The highest BCUT2D eigenvalue weighted by Crippen LogP contribution is 2.42. The van der Waals surface area contributed by atoms with Crippen LogP contribution in [0.4, 0.5) is 10.1 Å². The number of hydrogen-bond donors (Lipinski definition) is 1. The van der Waals surface area contributed by atoms with Crippen molar-refractivity contribution in [1.82, 2.24) is 9.88 Å². The van der Waals surface area contributed by atoms with Gasteiger partial charge in [-0.25, -0.2) is 4.39 Å². The third kappa shape index (κ3) is 3.30. The lowest BCUT2D eigenvalue weighted by Gasteiger charge is -2.36. The van der Waals surface area contributed by atoms with Gasteiger partial charge in [-0.3, -0.25) is 4.79 Å². The molecule has 1 saturated carbocycles. The van der Waals surface area contributed by atoms with Gasteiger partial charge in [0.05, 0.1) is 21.6 Å². The van der Waals surface area contributed by atoms with Crippen molar-refractivity contribution in [2.45, 2.75) is 38.8 Å². The lowest BCUT2D eigenvalue weighted by Crippen LogP contribution is -2.46. The number of aromatic nitrogens is 1. The van der Waals surface area contributed by atoms with Crippen molar-refractivity contribution in [3.8, 4) is 0 Å². The number of piperazine rings is 1. The predicted molar refractivity (Wildman–Crippen MR) is 120 cm³/mol. The van der Waals surface area contributed by atoms with Crippen LogP contribution in [-0.2, 0) is 0 Å². The number of halogens is 2. The Bertz CT molecular complexity index is 1180. The van der Waals surface area contributed by atoms with Gasteiger partial charge >= 0.3 is 0 Å². The fourth-order valence-corrected chi connectivity index (χ4v) is 4.88. The van der Waals surface area contributed by atoms with Gasteiger partial charge in [0, 0.05) is 43.5 Å². The van der Waals surface area contributed by atoms with Gasteiger partial charge in [-0.1, -0.05) is 41.4 Å². The molecule has 1 aliphatic carbocycles. The number of pyridine rings is 1. The fraction of sp³-hybridized carbons (Fsp3) is 0.375. The van der Waals surface area contributed by atoms with Crippen molar-refractivity contribution in [2.75, 3.05) is 24.5 Å². The number of nitrogens with one attached hydrogen (secondary N) is 1. The normalized spacial score (nSPS) is 19.5. The van der Waals surface area contributed by atoms with Crippen molar-refractivity contribution in [2.24, 2.45) is 0 Å². The summed E-state index contributed by atoms with van der Waals surface area (Å²) in [5, 5.41) is 4.24. The molecule has 6 heteroatoms. The zero-order valence-electron chi connectivity index (χ0n) is 17.2. The Kier molecular flexibility index (Phi) is 4.83. The Hall–Kier alpha value is -2.37. The van der Waals surface area contributed by atoms with Gasteiger partial charge in [-0.05, 0) is 38.3 Å². The second-order valence-electron chi connectivity index (χ2n) is 8.56. The minimum Gasteiger partial charge on any atom is -0.365 e. The molecule has 1 aromatic heterocycles. The molecule has 4 nitrogen and oxygen atoms in total. The topological polar surface area (TPSA) is 37.3 Å². The zero-order valence-corrected chi connectivity index (χ0v) is 18.0. The van der Waals surface area contributed by atoms with Crippen LogP contribution in [0.15, 0.2) is 41.3 Å². The van der Waals surface area contributed by atoms with Crippen LogP contribution < -0.4 is 15.6 Å². The molecule has 1 saturated heterocycles. The van der Waals surface area contributed by atoms with Gasteiger partial charge < -0.3 is 14.8 Å². The second kappa shape index (κ2) is 7.40. The van der Waals surface area contributed by atoms with Crippen LogP contribution in [0.2, 0.25) is 5.02 Å². The van der Waals surface area contributed by atoms with Crippen LogP contribution in [-0.4, -0.2) is 24.2 Å². The summed E-state index contributed by atoms with van der Waals surface area (Å²) in [5.74, 6) is -0.429. The molecule has 5 rings (SSSR count). The van der Waals surface area contributed by atoms with Crippen molar-refractivity contribution in [3.63, 3.8) is 0 Å². The van der Waals surface area contributed by atoms with Crippen LogP contribution >= 0.6 is 11.6 Å². The number of nitrogens with zero attached hydrogens (tertiary/aromatic N) is 2.